The number of carbonyl (C=O) groups is 3. The Morgan fingerprint density at radius 2 is 2.14 bits per heavy atom. The first kappa shape index (κ1) is 19.5. The van der Waals surface area contributed by atoms with Crippen LogP contribution >= 0.6 is 0 Å². The summed E-state index contributed by atoms with van der Waals surface area (Å²) in [6.07, 6.45) is 2.09. The van der Waals surface area contributed by atoms with Crippen molar-refractivity contribution in [2.24, 2.45) is 5.92 Å². The van der Waals surface area contributed by atoms with Crippen LogP contribution in [0.5, 0.6) is 0 Å². The van der Waals surface area contributed by atoms with Crippen LogP contribution in [0, 0.1) is 12.8 Å². The minimum Gasteiger partial charge on any atom is -0.480 e. The van der Waals surface area contributed by atoms with Crippen molar-refractivity contribution in [1.29, 1.82) is 0 Å². The number of nitrogens with one attached hydrogen (secondary N) is 2. The number of aliphatic carboxylic acids is 1. The molecule has 0 bridgehead atoms. The number of hydrogen-bond donors (Lipinski definition) is 3. The van der Waals surface area contributed by atoms with Crippen LogP contribution in [0.1, 0.15) is 56.0 Å². The quantitative estimate of drug-likeness (QED) is 0.722. The number of aromatic nitrogens is 1. The fourth-order valence-corrected chi connectivity index (χ4v) is 4.84. The molecule has 2 aliphatic rings. The highest BCUT2D eigenvalue weighted by Gasteiger charge is 2.46. The van der Waals surface area contributed by atoms with E-state index in [4.69, 9.17) is 0 Å². The number of rotatable bonds is 5. The zero-order chi connectivity index (χ0) is 20.9. The molecule has 29 heavy (non-hydrogen) atoms. The van der Waals surface area contributed by atoms with Gasteiger partial charge >= 0.3 is 5.97 Å². The number of amides is 2. The smallest absolute Gasteiger partial charge is 0.326 e. The van der Waals surface area contributed by atoms with E-state index < -0.39 is 18.1 Å². The molecule has 1 aromatic heterocycles. The highest BCUT2D eigenvalue weighted by Crippen LogP contribution is 2.44. The third-order valence-corrected chi connectivity index (χ3v) is 6.57. The summed E-state index contributed by atoms with van der Waals surface area (Å²) in [5.74, 6) is -1.68. The van der Waals surface area contributed by atoms with Crippen LogP contribution in [0.2, 0.25) is 0 Å². The van der Waals surface area contributed by atoms with Crippen molar-refractivity contribution in [3.05, 3.63) is 35.0 Å². The first-order chi connectivity index (χ1) is 13.8. The van der Waals surface area contributed by atoms with Gasteiger partial charge in [0.2, 0.25) is 11.8 Å². The molecule has 0 aliphatic carbocycles. The first-order valence-electron chi connectivity index (χ1n) is 10.3. The predicted octanol–water partition coefficient (Wildman–Crippen LogP) is 2.68. The molecule has 2 aliphatic heterocycles. The van der Waals surface area contributed by atoms with Gasteiger partial charge in [0.05, 0.1) is 6.04 Å². The van der Waals surface area contributed by atoms with Gasteiger partial charge in [0.1, 0.15) is 12.1 Å². The minimum atomic E-state index is -1.04. The van der Waals surface area contributed by atoms with Crippen LogP contribution in [-0.2, 0) is 20.8 Å². The summed E-state index contributed by atoms with van der Waals surface area (Å²) >= 11 is 0. The number of carboxylic acid groups (broad SMARTS) is 1. The van der Waals surface area contributed by atoms with Crippen LogP contribution in [0.25, 0.3) is 10.9 Å². The summed E-state index contributed by atoms with van der Waals surface area (Å²) in [7, 11) is 0. The maximum atomic E-state index is 13.2. The number of fused-ring (bicyclic) bond motifs is 5. The van der Waals surface area contributed by atoms with Crippen molar-refractivity contribution in [2.45, 2.75) is 64.6 Å². The summed E-state index contributed by atoms with van der Waals surface area (Å²) in [5, 5.41) is 13.4. The zero-order valence-electron chi connectivity index (χ0n) is 17.0. The van der Waals surface area contributed by atoms with Crippen LogP contribution in [0.4, 0.5) is 0 Å². The van der Waals surface area contributed by atoms with Crippen molar-refractivity contribution in [2.75, 3.05) is 0 Å². The largest absolute Gasteiger partial charge is 0.480 e. The highest BCUT2D eigenvalue weighted by atomic mass is 16.4. The van der Waals surface area contributed by atoms with Gasteiger partial charge in [-0.3, -0.25) is 9.59 Å². The van der Waals surface area contributed by atoms with E-state index in [1.807, 2.05) is 39.0 Å². The molecule has 0 unspecified atom stereocenters. The predicted molar refractivity (Wildman–Crippen MR) is 108 cm³/mol. The third kappa shape index (κ3) is 3.09. The van der Waals surface area contributed by atoms with Crippen molar-refractivity contribution in [3.8, 4) is 0 Å². The molecule has 3 heterocycles. The van der Waals surface area contributed by atoms with E-state index in [1.54, 1.807) is 4.90 Å². The van der Waals surface area contributed by atoms with E-state index in [-0.39, 0.29) is 23.8 Å². The Morgan fingerprint density at radius 3 is 2.83 bits per heavy atom. The lowest BCUT2D eigenvalue weighted by atomic mass is 9.90. The van der Waals surface area contributed by atoms with E-state index >= 15 is 0 Å². The minimum absolute atomic E-state index is 0.0495. The number of H-pyrrole nitrogens is 1. The lowest BCUT2D eigenvalue weighted by molar-refractivity contribution is -0.146. The molecule has 1 aromatic carbocycles. The van der Waals surface area contributed by atoms with Crippen LogP contribution in [0.3, 0.4) is 0 Å². The lowest BCUT2D eigenvalue weighted by Gasteiger charge is -2.37. The van der Waals surface area contributed by atoms with Crippen molar-refractivity contribution < 1.29 is 19.5 Å². The van der Waals surface area contributed by atoms with E-state index in [2.05, 4.69) is 10.3 Å². The zero-order valence-corrected chi connectivity index (χ0v) is 17.0. The molecule has 0 spiro atoms. The molecular formula is C22H27N3O4. The van der Waals surface area contributed by atoms with Crippen molar-refractivity contribution in [1.82, 2.24) is 15.2 Å². The number of benzene rings is 1. The molecule has 7 heteroatoms. The maximum absolute atomic E-state index is 13.2. The molecule has 3 N–H and O–H groups in total. The molecule has 0 saturated carbocycles. The average molecular weight is 397 g/mol. The maximum Gasteiger partial charge on any atom is 0.326 e. The molecular weight excluding hydrogens is 370 g/mol. The molecule has 1 fully saturated rings. The van der Waals surface area contributed by atoms with E-state index in [0.29, 0.717) is 25.7 Å². The lowest BCUT2D eigenvalue weighted by Crippen LogP contribution is -2.56. The second-order valence-corrected chi connectivity index (χ2v) is 8.30. The third-order valence-electron chi connectivity index (χ3n) is 6.57. The van der Waals surface area contributed by atoms with Gasteiger partial charge in [0.25, 0.3) is 0 Å². The number of carboxylic acids is 1. The van der Waals surface area contributed by atoms with Crippen LogP contribution < -0.4 is 5.32 Å². The Morgan fingerprint density at radius 1 is 1.38 bits per heavy atom. The summed E-state index contributed by atoms with van der Waals surface area (Å²) in [5.41, 5.74) is 4.23. The van der Waals surface area contributed by atoms with Gasteiger partial charge in [0.15, 0.2) is 0 Å². The molecule has 0 radical (unpaired) electrons. The molecule has 4 atom stereocenters. The SMILES string of the molecule is CC[C@H](C)[C@H](NC(=O)[C@@H]1Cc2c([nH]c3cccc(C)c23)[C@H]2CCC(=O)N21)C(=O)O. The Labute approximate surface area is 169 Å². The fourth-order valence-electron chi connectivity index (χ4n) is 4.84. The van der Waals surface area contributed by atoms with Gasteiger partial charge in [-0.05, 0) is 36.5 Å². The molecule has 7 nitrogen and oxygen atoms in total. The van der Waals surface area contributed by atoms with Gasteiger partial charge in [-0.2, -0.15) is 0 Å². The van der Waals surface area contributed by atoms with E-state index in [9.17, 15) is 19.5 Å². The molecule has 2 aromatic rings. The number of aryl methyl sites for hydroxylation is 1. The van der Waals surface area contributed by atoms with Crippen molar-refractivity contribution >= 4 is 28.7 Å². The Kier molecular flexibility index (Phi) is 4.84. The second-order valence-electron chi connectivity index (χ2n) is 8.30. The molecule has 154 valence electrons. The Hall–Kier alpha value is -2.83. The standard InChI is InChI=1S/C22H27N3O4/c1-4-11(2)19(22(28)29)24-21(27)16-10-13-18-12(3)6-5-7-14(18)23-20(13)15-8-9-17(26)25(15)16/h5-7,11,15-16,19,23H,4,8-10H2,1-3H3,(H,24,27)(H,28,29)/t11-,15+,16-,19-/m0/s1. The Bertz CT molecular complexity index is 995. The summed E-state index contributed by atoms with van der Waals surface area (Å²) in [6, 6.07) is 4.23. The summed E-state index contributed by atoms with van der Waals surface area (Å²) in [4.78, 5) is 42.7. The molecule has 1 saturated heterocycles. The van der Waals surface area contributed by atoms with Gasteiger partial charge in [0, 0.05) is 29.4 Å². The normalized spacial score (nSPS) is 22.9. The molecule has 4 rings (SSSR count). The van der Waals surface area contributed by atoms with Gasteiger partial charge in [-0.25, -0.2) is 4.79 Å². The van der Waals surface area contributed by atoms with Gasteiger partial charge in [-0.15, -0.1) is 0 Å². The number of hydrogen-bond acceptors (Lipinski definition) is 3. The van der Waals surface area contributed by atoms with Gasteiger partial charge in [-0.1, -0.05) is 32.4 Å². The Balaban J connectivity index is 1.73. The number of nitrogens with zero attached hydrogens (tertiary/aromatic N) is 1. The second kappa shape index (κ2) is 7.21. The van der Waals surface area contributed by atoms with Crippen LogP contribution in [0.15, 0.2) is 18.2 Å². The number of aromatic amines is 1. The first-order valence-corrected chi connectivity index (χ1v) is 10.3. The topological polar surface area (TPSA) is 103 Å². The number of carbonyl (C=O) groups excluding carboxylic acids is 2. The summed E-state index contributed by atoms with van der Waals surface area (Å²) in [6.45, 7) is 5.75. The molecule has 2 amide bonds. The van der Waals surface area contributed by atoms with Crippen molar-refractivity contribution in [3.63, 3.8) is 0 Å². The fraction of sp³-hybridized carbons (Fsp3) is 0.500. The van der Waals surface area contributed by atoms with E-state index in [1.165, 1.54) is 0 Å². The highest BCUT2D eigenvalue weighted by molar-refractivity contribution is 5.95. The van der Waals surface area contributed by atoms with Crippen LogP contribution in [-0.4, -0.2) is 44.9 Å². The summed E-state index contributed by atoms with van der Waals surface area (Å²) < 4.78 is 0. The average Bonchev–Trinajstić information content (AvgIpc) is 3.26. The van der Waals surface area contributed by atoms with Gasteiger partial charge < -0.3 is 20.3 Å². The monoisotopic (exact) mass is 397 g/mol. The van der Waals surface area contributed by atoms with E-state index in [0.717, 1.165) is 27.7 Å².